The van der Waals surface area contributed by atoms with Gasteiger partial charge in [0.2, 0.25) is 0 Å². The zero-order chi connectivity index (χ0) is 32.7. The van der Waals surface area contributed by atoms with Crippen molar-refractivity contribution in [1.29, 1.82) is 0 Å². The SMILES string of the molecule is CC(C)(C)OC(=O)Nc1sc(-c2c(F)cccc2F)nc1C(=O)Nc1cnc2c(c1N1CCCC(C)(NC(=O)O)C1I)CCC2. The number of fused-ring (bicyclic) bond motifs is 1. The van der Waals surface area contributed by atoms with Crippen LogP contribution in [0.4, 0.5) is 34.7 Å². The third-order valence-electron chi connectivity index (χ3n) is 7.53. The summed E-state index contributed by atoms with van der Waals surface area (Å²) in [4.78, 5) is 49.2. The van der Waals surface area contributed by atoms with E-state index in [1.807, 2.05) is 6.92 Å². The molecule has 0 radical (unpaired) electrons. The largest absolute Gasteiger partial charge is 0.465 e. The molecule has 15 heteroatoms. The van der Waals surface area contributed by atoms with E-state index in [-0.39, 0.29) is 19.8 Å². The van der Waals surface area contributed by atoms with Gasteiger partial charge in [0.1, 0.15) is 31.3 Å². The van der Waals surface area contributed by atoms with Crippen LogP contribution in [0, 0.1) is 11.6 Å². The van der Waals surface area contributed by atoms with Crippen LogP contribution in [-0.4, -0.2) is 54.9 Å². The molecule has 11 nitrogen and oxygen atoms in total. The van der Waals surface area contributed by atoms with Gasteiger partial charge in [-0.2, -0.15) is 0 Å². The number of aryl methyl sites for hydroxylation is 1. The number of aromatic nitrogens is 2. The number of alkyl halides is 1. The van der Waals surface area contributed by atoms with Gasteiger partial charge in [0.15, 0.2) is 5.69 Å². The molecule has 1 aromatic carbocycles. The minimum Gasteiger partial charge on any atom is -0.465 e. The summed E-state index contributed by atoms with van der Waals surface area (Å²) in [7, 11) is 0. The fourth-order valence-corrected chi connectivity index (χ4v) is 7.66. The molecule has 1 aliphatic heterocycles. The normalized spacial score (nSPS) is 19.5. The van der Waals surface area contributed by atoms with Crippen LogP contribution >= 0.6 is 33.9 Å². The van der Waals surface area contributed by atoms with E-state index >= 15 is 0 Å². The minimum atomic E-state index is -1.12. The second kappa shape index (κ2) is 12.7. The number of ether oxygens (including phenoxy) is 1. The van der Waals surface area contributed by atoms with Crippen LogP contribution in [0.2, 0.25) is 0 Å². The van der Waals surface area contributed by atoms with E-state index in [4.69, 9.17) is 4.74 Å². The van der Waals surface area contributed by atoms with Crippen molar-refractivity contribution < 1.29 is 33.0 Å². The Hall–Kier alpha value is -3.60. The molecule has 0 saturated carbocycles. The van der Waals surface area contributed by atoms with Crippen LogP contribution < -0.4 is 20.9 Å². The van der Waals surface area contributed by atoms with E-state index in [9.17, 15) is 28.3 Å². The highest BCUT2D eigenvalue weighted by Crippen LogP contribution is 2.44. The number of carbonyl (C=O) groups excluding carboxylic acids is 2. The van der Waals surface area contributed by atoms with Crippen molar-refractivity contribution >= 4 is 68.4 Å². The van der Waals surface area contributed by atoms with Crippen LogP contribution in [0.1, 0.15) is 68.7 Å². The van der Waals surface area contributed by atoms with E-state index in [0.717, 1.165) is 59.7 Å². The molecule has 2 unspecified atom stereocenters. The number of hydrogen-bond acceptors (Lipinski definition) is 8. The van der Waals surface area contributed by atoms with Gasteiger partial charge in [0.05, 0.1) is 28.7 Å². The summed E-state index contributed by atoms with van der Waals surface area (Å²) in [6, 6.07) is 3.37. The number of piperidine rings is 1. The van der Waals surface area contributed by atoms with Gasteiger partial charge in [-0.1, -0.05) is 40.0 Å². The molecular formula is C30H33F2IN6O5S. The lowest BCUT2D eigenvalue weighted by molar-refractivity contribution is 0.0636. The molecule has 5 rings (SSSR count). The third kappa shape index (κ3) is 6.98. The van der Waals surface area contributed by atoms with Gasteiger partial charge in [-0.3, -0.25) is 15.1 Å². The number of anilines is 3. The molecule has 1 fully saturated rings. The Morgan fingerprint density at radius 2 is 1.87 bits per heavy atom. The van der Waals surface area contributed by atoms with E-state index in [0.29, 0.717) is 25.1 Å². The summed E-state index contributed by atoms with van der Waals surface area (Å²) in [6.07, 6.45) is 3.28. The Kier molecular flexibility index (Phi) is 9.22. The van der Waals surface area contributed by atoms with Crippen molar-refractivity contribution in [3.63, 3.8) is 0 Å². The monoisotopic (exact) mass is 754 g/mol. The first-order chi connectivity index (χ1) is 21.2. The highest BCUT2D eigenvalue weighted by molar-refractivity contribution is 14.1. The minimum absolute atomic E-state index is 0.0574. The predicted molar refractivity (Wildman–Crippen MR) is 175 cm³/mol. The fraction of sp³-hybridized carbons (Fsp3) is 0.433. The molecule has 45 heavy (non-hydrogen) atoms. The lowest BCUT2D eigenvalue weighted by Gasteiger charge is -2.47. The van der Waals surface area contributed by atoms with Gasteiger partial charge in [0, 0.05) is 12.2 Å². The maximum atomic E-state index is 14.7. The molecule has 4 N–H and O–H groups in total. The molecule has 0 bridgehead atoms. The highest BCUT2D eigenvalue weighted by Gasteiger charge is 2.43. The molecule has 3 amide bonds. The van der Waals surface area contributed by atoms with Gasteiger partial charge < -0.3 is 25.4 Å². The molecule has 3 heterocycles. The van der Waals surface area contributed by atoms with Crippen molar-refractivity contribution in [3.05, 3.63) is 53.0 Å². The number of rotatable bonds is 6. The molecule has 2 atom stereocenters. The second-order valence-electron chi connectivity index (χ2n) is 12.2. The number of pyridine rings is 1. The number of thiazole rings is 1. The van der Waals surface area contributed by atoms with Gasteiger partial charge in [-0.15, -0.1) is 0 Å². The van der Waals surface area contributed by atoms with E-state index in [1.54, 1.807) is 27.0 Å². The van der Waals surface area contributed by atoms with Crippen molar-refractivity contribution in [2.45, 2.75) is 75.0 Å². The average Bonchev–Trinajstić information content (AvgIpc) is 3.56. The number of benzene rings is 1. The predicted octanol–water partition coefficient (Wildman–Crippen LogP) is 6.96. The second-order valence-corrected chi connectivity index (χ2v) is 14.3. The quantitative estimate of drug-likeness (QED) is 0.120. The van der Waals surface area contributed by atoms with Crippen LogP contribution in [-0.2, 0) is 17.6 Å². The molecular weight excluding hydrogens is 721 g/mol. The van der Waals surface area contributed by atoms with Crippen molar-refractivity contribution in [3.8, 4) is 10.6 Å². The summed E-state index contributed by atoms with van der Waals surface area (Å²) in [5.41, 5.74) is 0.668. The van der Waals surface area contributed by atoms with E-state index in [1.165, 1.54) is 6.07 Å². The number of hydrogen-bond donors (Lipinski definition) is 4. The van der Waals surface area contributed by atoms with Gasteiger partial charge >= 0.3 is 12.2 Å². The van der Waals surface area contributed by atoms with Crippen molar-refractivity contribution in [2.75, 3.05) is 22.1 Å². The maximum Gasteiger partial charge on any atom is 0.412 e. The van der Waals surface area contributed by atoms with E-state index in [2.05, 4.69) is 53.4 Å². The number of nitrogens with one attached hydrogen (secondary N) is 3. The van der Waals surface area contributed by atoms with E-state index < -0.39 is 46.4 Å². The molecule has 1 aliphatic carbocycles. The van der Waals surface area contributed by atoms with Crippen molar-refractivity contribution in [1.82, 2.24) is 15.3 Å². The summed E-state index contributed by atoms with van der Waals surface area (Å²) in [5, 5.41) is 17.4. The summed E-state index contributed by atoms with van der Waals surface area (Å²) < 4.78 is 34.5. The first-order valence-corrected chi connectivity index (χ1v) is 16.4. The zero-order valence-electron chi connectivity index (χ0n) is 25.1. The summed E-state index contributed by atoms with van der Waals surface area (Å²) >= 11 is 2.97. The lowest BCUT2D eigenvalue weighted by atomic mass is 9.90. The Morgan fingerprint density at radius 3 is 2.53 bits per heavy atom. The standard InChI is InChI=1S/C30H33F2IN6O5S/c1-29(2,3)44-28(43)37-25-21(36-24(45-25)20-16(31)9-6-10-17(20)32)23(40)35-19-14-34-18-11-5-8-15(18)22(19)39-13-7-12-30(4,26(39)33)38-27(41)42/h6,9-10,14,26,38H,5,7-8,11-13H2,1-4H3,(H,35,40)(H,37,43)(H,41,42). The number of carbonyl (C=O) groups is 3. The third-order valence-corrected chi connectivity index (χ3v) is 10.6. The topological polar surface area (TPSA) is 146 Å². The fourth-order valence-electron chi connectivity index (χ4n) is 5.64. The van der Waals surface area contributed by atoms with Crippen LogP contribution in [0.5, 0.6) is 0 Å². The van der Waals surface area contributed by atoms with Crippen LogP contribution in [0.3, 0.4) is 0 Å². The van der Waals surface area contributed by atoms with Crippen molar-refractivity contribution in [2.24, 2.45) is 0 Å². The number of halogens is 3. The first kappa shape index (κ1) is 32.8. The molecule has 2 aromatic heterocycles. The number of nitrogens with zero attached hydrogens (tertiary/aromatic N) is 3. The Balaban J connectivity index is 1.55. The zero-order valence-corrected chi connectivity index (χ0v) is 28.1. The average molecular weight is 755 g/mol. The Bertz CT molecular complexity index is 1640. The van der Waals surface area contributed by atoms with Crippen LogP contribution in [0.15, 0.2) is 24.4 Å². The molecule has 1 saturated heterocycles. The number of carboxylic acid groups (broad SMARTS) is 1. The summed E-state index contributed by atoms with van der Waals surface area (Å²) in [6.45, 7) is 7.49. The van der Waals surface area contributed by atoms with Crippen LogP contribution in [0.25, 0.3) is 10.6 Å². The van der Waals surface area contributed by atoms with Gasteiger partial charge in [-0.25, -0.2) is 23.4 Å². The van der Waals surface area contributed by atoms with Gasteiger partial charge in [-0.05, 0) is 77.5 Å². The Labute approximate surface area is 276 Å². The molecule has 240 valence electrons. The summed E-state index contributed by atoms with van der Waals surface area (Å²) in [5.74, 6) is -2.49. The molecule has 3 aromatic rings. The lowest BCUT2D eigenvalue weighted by Crippen LogP contribution is -2.61. The molecule has 2 aliphatic rings. The maximum absolute atomic E-state index is 14.7. The first-order valence-electron chi connectivity index (χ1n) is 14.4. The molecule has 0 spiro atoms. The highest BCUT2D eigenvalue weighted by atomic mass is 127. The van der Waals surface area contributed by atoms with Gasteiger partial charge in [0.25, 0.3) is 5.91 Å². The smallest absolute Gasteiger partial charge is 0.412 e. The number of amides is 3. The Morgan fingerprint density at radius 1 is 1.16 bits per heavy atom.